The first-order valence-corrected chi connectivity index (χ1v) is 9.86. The standard InChI is InChI=1S/C20H31N3O5/c1-26-18-6-5-15(12-19(18)27-2)13-21-20(25)23-9-7-22(8-10-23)14-16(24)17-4-3-11-28-17/h5-6,12,16-17,24H,3-4,7-11,13-14H2,1-2H3,(H,21,25). The summed E-state index contributed by atoms with van der Waals surface area (Å²) < 4.78 is 16.1. The number of methoxy groups -OCH3 is 2. The molecule has 1 aromatic rings. The second-order valence-electron chi connectivity index (χ2n) is 7.25. The van der Waals surface area contributed by atoms with Crippen LogP contribution in [-0.4, -0.2) is 86.7 Å². The molecular weight excluding hydrogens is 362 g/mol. The number of carbonyl (C=O) groups is 1. The number of aliphatic hydroxyl groups excluding tert-OH is 1. The van der Waals surface area contributed by atoms with Crippen molar-refractivity contribution in [1.29, 1.82) is 0 Å². The van der Waals surface area contributed by atoms with Gasteiger partial charge in [-0.2, -0.15) is 0 Å². The van der Waals surface area contributed by atoms with Crippen LogP contribution < -0.4 is 14.8 Å². The third kappa shape index (κ3) is 5.27. The Morgan fingerprint density at radius 2 is 2.00 bits per heavy atom. The number of benzene rings is 1. The molecule has 0 aliphatic carbocycles. The largest absolute Gasteiger partial charge is 0.493 e. The summed E-state index contributed by atoms with van der Waals surface area (Å²) in [6.07, 6.45) is 1.46. The maximum Gasteiger partial charge on any atom is 0.317 e. The molecule has 3 rings (SSSR count). The highest BCUT2D eigenvalue weighted by Gasteiger charge is 2.28. The minimum absolute atomic E-state index is 0.0391. The number of nitrogens with one attached hydrogen (secondary N) is 1. The first-order valence-electron chi connectivity index (χ1n) is 9.86. The van der Waals surface area contributed by atoms with Gasteiger partial charge in [0.25, 0.3) is 0 Å². The number of piperazine rings is 1. The van der Waals surface area contributed by atoms with E-state index in [2.05, 4.69) is 10.2 Å². The third-order valence-corrected chi connectivity index (χ3v) is 5.39. The molecule has 2 unspecified atom stereocenters. The van der Waals surface area contributed by atoms with Crippen molar-refractivity contribution in [3.05, 3.63) is 23.8 Å². The molecule has 2 fully saturated rings. The molecule has 0 bridgehead atoms. The van der Waals surface area contributed by atoms with Crippen molar-refractivity contribution in [2.24, 2.45) is 0 Å². The fraction of sp³-hybridized carbons (Fsp3) is 0.650. The highest BCUT2D eigenvalue weighted by molar-refractivity contribution is 5.74. The van der Waals surface area contributed by atoms with E-state index in [4.69, 9.17) is 14.2 Å². The van der Waals surface area contributed by atoms with Crippen LogP contribution in [0.2, 0.25) is 0 Å². The Morgan fingerprint density at radius 3 is 2.64 bits per heavy atom. The highest BCUT2D eigenvalue weighted by atomic mass is 16.5. The van der Waals surface area contributed by atoms with E-state index in [0.29, 0.717) is 37.7 Å². The van der Waals surface area contributed by atoms with Gasteiger partial charge in [-0.05, 0) is 30.5 Å². The van der Waals surface area contributed by atoms with Crippen molar-refractivity contribution in [2.45, 2.75) is 31.6 Å². The Bertz CT molecular complexity index is 643. The van der Waals surface area contributed by atoms with Crippen molar-refractivity contribution in [3.8, 4) is 11.5 Å². The average molecular weight is 393 g/mol. The zero-order chi connectivity index (χ0) is 19.9. The predicted molar refractivity (Wildman–Crippen MR) is 105 cm³/mol. The molecule has 0 spiro atoms. The monoisotopic (exact) mass is 393 g/mol. The van der Waals surface area contributed by atoms with Gasteiger partial charge < -0.3 is 29.5 Å². The summed E-state index contributed by atoms with van der Waals surface area (Å²) in [5, 5.41) is 13.2. The van der Waals surface area contributed by atoms with Gasteiger partial charge in [-0.25, -0.2) is 4.79 Å². The molecular formula is C20H31N3O5. The molecule has 0 aromatic heterocycles. The Kier molecular flexibility index (Phi) is 7.36. The number of amides is 2. The smallest absolute Gasteiger partial charge is 0.317 e. The molecule has 2 amide bonds. The lowest BCUT2D eigenvalue weighted by molar-refractivity contribution is -0.0231. The second-order valence-corrected chi connectivity index (χ2v) is 7.25. The van der Waals surface area contributed by atoms with Gasteiger partial charge in [0.05, 0.1) is 26.4 Å². The molecule has 2 N–H and O–H groups in total. The maximum atomic E-state index is 12.5. The van der Waals surface area contributed by atoms with Crippen molar-refractivity contribution >= 4 is 6.03 Å². The number of nitrogens with zero attached hydrogens (tertiary/aromatic N) is 2. The third-order valence-electron chi connectivity index (χ3n) is 5.39. The second kappa shape index (κ2) is 9.95. The zero-order valence-electron chi connectivity index (χ0n) is 16.7. The lowest BCUT2D eigenvalue weighted by Gasteiger charge is -2.36. The fourth-order valence-electron chi connectivity index (χ4n) is 3.70. The Labute approximate surface area is 166 Å². The predicted octanol–water partition coefficient (Wildman–Crippen LogP) is 1.07. The van der Waals surface area contributed by atoms with Crippen LogP contribution in [0.1, 0.15) is 18.4 Å². The van der Waals surface area contributed by atoms with E-state index in [-0.39, 0.29) is 12.1 Å². The number of aliphatic hydroxyl groups is 1. The number of β-amino-alcohol motifs (C(OH)–C–C–N with tert-alkyl or cyclic N) is 1. The molecule has 8 nitrogen and oxygen atoms in total. The molecule has 2 atom stereocenters. The summed E-state index contributed by atoms with van der Waals surface area (Å²) in [6.45, 7) is 4.59. The molecule has 156 valence electrons. The fourth-order valence-corrected chi connectivity index (χ4v) is 3.70. The topological polar surface area (TPSA) is 83.5 Å². The van der Waals surface area contributed by atoms with Crippen molar-refractivity contribution in [1.82, 2.24) is 15.1 Å². The van der Waals surface area contributed by atoms with Crippen LogP contribution in [0.15, 0.2) is 18.2 Å². The number of ether oxygens (including phenoxy) is 3. The van der Waals surface area contributed by atoms with Gasteiger partial charge in [0.1, 0.15) is 0 Å². The maximum absolute atomic E-state index is 12.5. The van der Waals surface area contributed by atoms with E-state index in [1.807, 2.05) is 23.1 Å². The molecule has 2 heterocycles. The van der Waals surface area contributed by atoms with Crippen LogP contribution in [-0.2, 0) is 11.3 Å². The van der Waals surface area contributed by atoms with Gasteiger partial charge in [-0.3, -0.25) is 4.90 Å². The van der Waals surface area contributed by atoms with Gasteiger partial charge >= 0.3 is 6.03 Å². The number of hydrogen-bond donors (Lipinski definition) is 2. The summed E-state index contributed by atoms with van der Waals surface area (Å²) in [5.74, 6) is 1.31. The van der Waals surface area contributed by atoms with E-state index in [9.17, 15) is 9.90 Å². The molecule has 1 aromatic carbocycles. The summed E-state index contributed by atoms with van der Waals surface area (Å²) in [5.41, 5.74) is 0.948. The minimum Gasteiger partial charge on any atom is -0.493 e. The molecule has 0 saturated carbocycles. The van der Waals surface area contributed by atoms with E-state index < -0.39 is 6.10 Å². The summed E-state index contributed by atoms with van der Waals surface area (Å²) >= 11 is 0. The van der Waals surface area contributed by atoms with Crippen LogP contribution in [0, 0.1) is 0 Å². The van der Waals surface area contributed by atoms with Gasteiger partial charge in [0.15, 0.2) is 11.5 Å². The van der Waals surface area contributed by atoms with Gasteiger partial charge in [-0.15, -0.1) is 0 Å². The SMILES string of the molecule is COc1ccc(CNC(=O)N2CCN(CC(O)C3CCCO3)CC2)cc1OC. The van der Waals surface area contributed by atoms with Crippen molar-refractivity contribution in [2.75, 3.05) is 53.6 Å². The normalized spacial score (nSPS) is 21.4. The highest BCUT2D eigenvalue weighted by Crippen LogP contribution is 2.27. The van der Waals surface area contributed by atoms with E-state index in [1.54, 1.807) is 14.2 Å². The lowest BCUT2D eigenvalue weighted by atomic mass is 10.1. The average Bonchev–Trinajstić information content (AvgIpc) is 3.27. The molecule has 2 aliphatic rings. The van der Waals surface area contributed by atoms with Crippen molar-refractivity contribution in [3.63, 3.8) is 0 Å². The summed E-state index contributed by atoms with van der Waals surface area (Å²) in [6, 6.07) is 5.53. The minimum atomic E-state index is -0.451. The molecule has 0 radical (unpaired) electrons. The van der Waals surface area contributed by atoms with Crippen molar-refractivity contribution < 1.29 is 24.1 Å². The molecule has 8 heteroatoms. The summed E-state index contributed by atoms with van der Waals surface area (Å²) in [7, 11) is 3.19. The molecule has 2 saturated heterocycles. The van der Waals surface area contributed by atoms with Gasteiger partial charge in [-0.1, -0.05) is 6.07 Å². The van der Waals surface area contributed by atoms with E-state index in [1.165, 1.54) is 0 Å². The lowest BCUT2D eigenvalue weighted by Crippen LogP contribution is -2.53. The van der Waals surface area contributed by atoms with Crippen LogP contribution in [0.25, 0.3) is 0 Å². The zero-order valence-corrected chi connectivity index (χ0v) is 16.7. The van der Waals surface area contributed by atoms with Gasteiger partial charge in [0.2, 0.25) is 0 Å². The summed E-state index contributed by atoms with van der Waals surface area (Å²) in [4.78, 5) is 16.5. The number of rotatable bonds is 7. The Morgan fingerprint density at radius 1 is 1.25 bits per heavy atom. The number of urea groups is 1. The Balaban J connectivity index is 1.41. The first-order chi connectivity index (χ1) is 13.6. The van der Waals surface area contributed by atoms with Crippen LogP contribution >= 0.6 is 0 Å². The first kappa shape index (κ1) is 20.7. The Hall–Kier alpha value is -2.03. The van der Waals surface area contributed by atoms with E-state index >= 15 is 0 Å². The van der Waals surface area contributed by atoms with Crippen LogP contribution in [0.3, 0.4) is 0 Å². The molecule has 28 heavy (non-hydrogen) atoms. The number of carbonyl (C=O) groups excluding carboxylic acids is 1. The van der Waals surface area contributed by atoms with E-state index in [0.717, 1.165) is 38.1 Å². The van der Waals surface area contributed by atoms with Crippen LogP contribution in [0.4, 0.5) is 4.79 Å². The van der Waals surface area contributed by atoms with Crippen LogP contribution in [0.5, 0.6) is 11.5 Å². The van der Waals surface area contributed by atoms with Gasteiger partial charge in [0, 0.05) is 45.9 Å². The number of hydrogen-bond acceptors (Lipinski definition) is 6. The molecule has 2 aliphatic heterocycles. The quantitative estimate of drug-likeness (QED) is 0.721.